The maximum atomic E-state index is 13.3. The number of aliphatic hydroxyl groups is 1. The third kappa shape index (κ3) is 2.21. The Morgan fingerprint density at radius 1 is 1.27 bits per heavy atom. The van der Waals surface area contributed by atoms with Crippen LogP contribution in [-0.4, -0.2) is 25.9 Å². The number of ether oxygens (including phenoxy) is 2. The first kappa shape index (κ1) is 11.8. The summed E-state index contributed by atoms with van der Waals surface area (Å²) in [7, 11) is 2.83. The van der Waals surface area contributed by atoms with Gasteiger partial charge in [0, 0.05) is 18.1 Å². The Morgan fingerprint density at radius 2 is 1.87 bits per heavy atom. The molecule has 84 valence electrons. The Kier molecular flexibility index (Phi) is 3.91. The van der Waals surface area contributed by atoms with Crippen LogP contribution in [0.5, 0.6) is 11.5 Å². The van der Waals surface area contributed by atoms with Gasteiger partial charge in [-0.2, -0.15) is 0 Å². The first-order valence-electron chi connectivity index (χ1n) is 4.66. The highest BCUT2D eigenvalue weighted by atomic mass is 19.1. The highest BCUT2D eigenvalue weighted by Gasteiger charge is 2.18. The topological polar surface area (TPSA) is 38.7 Å². The second kappa shape index (κ2) is 4.98. The minimum absolute atomic E-state index is 0.0227. The number of halogens is 1. The van der Waals surface area contributed by atoms with Crippen LogP contribution in [0.25, 0.3) is 0 Å². The van der Waals surface area contributed by atoms with Crippen molar-refractivity contribution >= 4 is 0 Å². The lowest BCUT2D eigenvalue weighted by Gasteiger charge is -2.16. The van der Waals surface area contributed by atoms with E-state index in [9.17, 15) is 4.39 Å². The number of methoxy groups -OCH3 is 2. The van der Waals surface area contributed by atoms with Gasteiger partial charge in [0.15, 0.2) is 17.3 Å². The number of rotatable bonds is 4. The Morgan fingerprint density at radius 3 is 2.33 bits per heavy atom. The third-order valence-electron chi connectivity index (χ3n) is 2.31. The Hall–Kier alpha value is -1.29. The summed E-state index contributed by atoms with van der Waals surface area (Å²) < 4.78 is 23.3. The SMILES string of the molecule is COc1c(F)ccc(C(C)CO)c1OC. The zero-order chi connectivity index (χ0) is 11.4. The zero-order valence-electron chi connectivity index (χ0n) is 9.08. The molecule has 1 aromatic carbocycles. The monoisotopic (exact) mass is 214 g/mol. The van der Waals surface area contributed by atoms with E-state index in [1.54, 1.807) is 6.07 Å². The Bertz CT molecular complexity index is 339. The molecule has 1 aromatic rings. The molecule has 1 rings (SSSR count). The van der Waals surface area contributed by atoms with E-state index < -0.39 is 5.82 Å². The van der Waals surface area contributed by atoms with Gasteiger partial charge in [0.2, 0.25) is 0 Å². The minimum atomic E-state index is -0.469. The number of hydrogen-bond donors (Lipinski definition) is 1. The van der Waals surface area contributed by atoms with Crippen LogP contribution in [0.15, 0.2) is 12.1 Å². The lowest BCUT2D eigenvalue weighted by molar-refractivity contribution is 0.267. The number of aliphatic hydroxyl groups excluding tert-OH is 1. The second-order valence-electron chi connectivity index (χ2n) is 3.29. The van der Waals surface area contributed by atoms with Crippen LogP contribution >= 0.6 is 0 Å². The maximum absolute atomic E-state index is 13.3. The fourth-order valence-corrected chi connectivity index (χ4v) is 1.44. The van der Waals surface area contributed by atoms with Gasteiger partial charge in [0.05, 0.1) is 14.2 Å². The smallest absolute Gasteiger partial charge is 0.197 e. The quantitative estimate of drug-likeness (QED) is 0.832. The van der Waals surface area contributed by atoms with Gasteiger partial charge in [0.1, 0.15) is 0 Å². The van der Waals surface area contributed by atoms with Crippen molar-refractivity contribution in [1.82, 2.24) is 0 Å². The summed E-state index contributed by atoms with van der Waals surface area (Å²) in [6.45, 7) is 1.81. The van der Waals surface area contributed by atoms with Crippen molar-refractivity contribution in [2.45, 2.75) is 12.8 Å². The molecule has 0 bridgehead atoms. The largest absolute Gasteiger partial charge is 0.492 e. The summed E-state index contributed by atoms with van der Waals surface area (Å²) in [6, 6.07) is 2.90. The van der Waals surface area contributed by atoms with Gasteiger partial charge in [-0.15, -0.1) is 0 Å². The first-order valence-corrected chi connectivity index (χ1v) is 4.66. The molecular weight excluding hydrogens is 199 g/mol. The normalized spacial score (nSPS) is 12.3. The van der Waals surface area contributed by atoms with Crippen molar-refractivity contribution in [3.63, 3.8) is 0 Å². The molecule has 4 heteroatoms. The van der Waals surface area contributed by atoms with Crippen LogP contribution in [0.4, 0.5) is 4.39 Å². The molecule has 0 radical (unpaired) electrons. The summed E-state index contributed by atoms with van der Waals surface area (Å²) in [6.07, 6.45) is 0. The van der Waals surface area contributed by atoms with Gasteiger partial charge in [0.25, 0.3) is 0 Å². The molecule has 0 aliphatic heterocycles. The van der Waals surface area contributed by atoms with Crippen molar-refractivity contribution < 1.29 is 19.0 Å². The van der Waals surface area contributed by atoms with E-state index in [1.807, 2.05) is 6.92 Å². The third-order valence-corrected chi connectivity index (χ3v) is 2.31. The molecule has 1 unspecified atom stereocenters. The standard InChI is InChI=1S/C11H15FO3/c1-7(6-13)8-4-5-9(12)11(15-3)10(8)14-2/h4-5,7,13H,6H2,1-3H3. The molecule has 0 fully saturated rings. The molecule has 0 aliphatic rings. The molecule has 0 spiro atoms. The van der Waals surface area contributed by atoms with Crippen LogP contribution in [-0.2, 0) is 0 Å². The van der Waals surface area contributed by atoms with Crippen LogP contribution in [0.1, 0.15) is 18.4 Å². The lowest BCUT2D eigenvalue weighted by atomic mass is 10.0. The van der Waals surface area contributed by atoms with Crippen molar-refractivity contribution in [1.29, 1.82) is 0 Å². The summed E-state index contributed by atoms with van der Waals surface area (Å²) in [5.74, 6) is -0.160. The summed E-state index contributed by atoms with van der Waals surface area (Å²) in [5.41, 5.74) is 0.734. The van der Waals surface area contributed by atoms with Gasteiger partial charge in [-0.05, 0) is 6.07 Å². The van der Waals surface area contributed by atoms with Gasteiger partial charge >= 0.3 is 0 Å². The van der Waals surface area contributed by atoms with Crippen molar-refractivity contribution in [3.8, 4) is 11.5 Å². The molecule has 0 heterocycles. The molecule has 0 aliphatic carbocycles. The van der Waals surface area contributed by atoms with Crippen LogP contribution in [0, 0.1) is 5.82 Å². The molecule has 1 atom stereocenters. The highest BCUT2D eigenvalue weighted by Crippen LogP contribution is 2.37. The van der Waals surface area contributed by atoms with Crippen LogP contribution in [0.3, 0.4) is 0 Å². The predicted molar refractivity (Wildman–Crippen MR) is 55.0 cm³/mol. The highest BCUT2D eigenvalue weighted by molar-refractivity contribution is 5.49. The van der Waals surface area contributed by atoms with E-state index >= 15 is 0 Å². The van der Waals surface area contributed by atoms with E-state index in [1.165, 1.54) is 20.3 Å². The summed E-state index contributed by atoms with van der Waals surface area (Å²) >= 11 is 0. The Balaban J connectivity index is 3.28. The van der Waals surface area contributed by atoms with Gasteiger partial charge in [-0.3, -0.25) is 0 Å². The average molecular weight is 214 g/mol. The lowest BCUT2D eigenvalue weighted by Crippen LogP contribution is -2.04. The summed E-state index contributed by atoms with van der Waals surface area (Å²) in [5, 5.41) is 9.05. The fraction of sp³-hybridized carbons (Fsp3) is 0.455. The van der Waals surface area contributed by atoms with Crippen molar-refractivity contribution in [2.24, 2.45) is 0 Å². The van der Waals surface area contributed by atoms with Crippen molar-refractivity contribution in [2.75, 3.05) is 20.8 Å². The van der Waals surface area contributed by atoms with Crippen LogP contribution < -0.4 is 9.47 Å². The molecule has 1 N–H and O–H groups in total. The van der Waals surface area contributed by atoms with E-state index in [0.717, 1.165) is 5.56 Å². The molecule has 0 aromatic heterocycles. The number of benzene rings is 1. The molecule has 0 amide bonds. The first-order chi connectivity index (χ1) is 7.15. The predicted octanol–water partition coefficient (Wildman–Crippen LogP) is 1.94. The molecule has 3 nitrogen and oxygen atoms in total. The van der Waals surface area contributed by atoms with Crippen molar-refractivity contribution in [3.05, 3.63) is 23.5 Å². The van der Waals surface area contributed by atoms with Gasteiger partial charge in [-0.1, -0.05) is 13.0 Å². The molecule has 0 saturated carbocycles. The fourth-order valence-electron chi connectivity index (χ4n) is 1.44. The molecule has 15 heavy (non-hydrogen) atoms. The second-order valence-corrected chi connectivity index (χ2v) is 3.29. The Labute approximate surface area is 88.4 Å². The van der Waals surface area contributed by atoms with E-state index in [4.69, 9.17) is 14.6 Å². The van der Waals surface area contributed by atoms with E-state index in [2.05, 4.69) is 0 Å². The van der Waals surface area contributed by atoms with Gasteiger partial charge < -0.3 is 14.6 Å². The maximum Gasteiger partial charge on any atom is 0.197 e. The van der Waals surface area contributed by atoms with Gasteiger partial charge in [-0.25, -0.2) is 4.39 Å². The van der Waals surface area contributed by atoms with E-state index in [0.29, 0.717) is 5.75 Å². The number of hydrogen-bond acceptors (Lipinski definition) is 3. The minimum Gasteiger partial charge on any atom is -0.492 e. The zero-order valence-corrected chi connectivity index (χ0v) is 9.08. The van der Waals surface area contributed by atoms with E-state index in [-0.39, 0.29) is 18.3 Å². The summed E-state index contributed by atoms with van der Waals surface area (Å²) in [4.78, 5) is 0. The average Bonchev–Trinajstić information content (AvgIpc) is 2.27. The molecular formula is C11H15FO3. The van der Waals surface area contributed by atoms with Crippen LogP contribution in [0.2, 0.25) is 0 Å². The molecule has 0 saturated heterocycles.